The van der Waals surface area contributed by atoms with E-state index in [4.69, 9.17) is 4.99 Å². The predicted octanol–water partition coefficient (Wildman–Crippen LogP) is 7.11. The van der Waals surface area contributed by atoms with Crippen LogP contribution in [0.5, 0.6) is 0 Å². The van der Waals surface area contributed by atoms with Gasteiger partial charge in [0.15, 0.2) is 5.78 Å². The monoisotopic (exact) mass is 496 g/mol. The molecule has 3 aliphatic carbocycles. The topological polar surface area (TPSA) is 58.5 Å². The van der Waals surface area contributed by atoms with Gasteiger partial charge in [0.25, 0.3) is 5.91 Å². The molecule has 1 N–H and O–H groups in total. The molecule has 0 spiro atoms. The first-order chi connectivity index (χ1) is 18.0. The maximum absolute atomic E-state index is 13.4. The molecule has 0 heterocycles. The Morgan fingerprint density at radius 1 is 1.14 bits per heavy atom. The number of Topliss-reactive ketones (excluding diaryl/α,β-unsaturated/α-hetero) is 1. The number of nitrogens with one attached hydrogen (secondary N) is 1. The number of rotatable bonds is 8. The highest BCUT2D eigenvalue weighted by Crippen LogP contribution is 2.36. The third kappa shape index (κ3) is 6.54. The second-order valence-corrected chi connectivity index (χ2v) is 10.6. The minimum absolute atomic E-state index is 0.0137. The maximum atomic E-state index is 13.4. The fourth-order valence-electron chi connectivity index (χ4n) is 5.62. The van der Waals surface area contributed by atoms with Crippen LogP contribution in [0.4, 0.5) is 0 Å². The van der Waals surface area contributed by atoms with Crippen molar-refractivity contribution in [1.82, 2.24) is 5.32 Å². The summed E-state index contributed by atoms with van der Waals surface area (Å²) in [6.45, 7) is 9.39. The summed E-state index contributed by atoms with van der Waals surface area (Å²) < 4.78 is 0. The molecule has 1 aromatic rings. The van der Waals surface area contributed by atoms with Crippen molar-refractivity contribution < 1.29 is 9.59 Å². The van der Waals surface area contributed by atoms with E-state index in [0.717, 1.165) is 54.1 Å². The highest BCUT2D eigenvalue weighted by molar-refractivity contribution is 6.30. The zero-order chi connectivity index (χ0) is 26.2. The van der Waals surface area contributed by atoms with Gasteiger partial charge in [-0.3, -0.25) is 14.6 Å². The number of amides is 1. The SMILES string of the molecule is C=CC1=C(/C=C\C)C(=NCc2ccc(C(=O)NCC3CCC(C)CC3)cc2)C(C2=CC=CCCC2)C1=O. The van der Waals surface area contributed by atoms with Gasteiger partial charge >= 0.3 is 0 Å². The van der Waals surface area contributed by atoms with Crippen LogP contribution in [-0.2, 0) is 11.3 Å². The number of aliphatic imine (C=N–C) groups is 1. The molecule has 0 saturated heterocycles. The molecule has 4 nitrogen and oxygen atoms in total. The minimum Gasteiger partial charge on any atom is -0.352 e. The number of hydrogen-bond donors (Lipinski definition) is 1. The van der Waals surface area contributed by atoms with Crippen LogP contribution in [0.1, 0.15) is 74.7 Å². The lowest BCUT2D eigenvalue weighted by atomic mass is 9.83. The van der Waals surface area contributed by atoms with Gasteiger partial charge in [0, 0.05) is 23.3 Å². The van der Waals surface area contributed by atoms with Gasteiger partial charge in [-0.2, -0.15) is 0 Å². The van der Waals surface area contributed by atoms with Crippen LogP contribution >= 0.6 is 0 Å². The highest BCUT2D eigenvalue weighted by atomic mass is 16.1. The van der Waals surface area contributed by atoms with Crippen LogP contribution in [0.15, 0.2) is 89.0 Å². The van der Waals surface area contributed by atoms with Gasteiger partial charge in [-0.25, -0.2) is 0 Å². The third-order valence-electron chi connectivity index (χ3n) is 7.89. The van der Waals surface area contributed by atoms with Crippen LogP contribution in [0.2, 0.25) is 0 Å². The van der Waals surface area contributed by atoms with Gasteiger partial charge in [-0.15, -0.1) is 0 Å². The normalized spacial score (nSPS) is 25.5. The number of nitrogens with zero attached hydrogens (tertiary/aromatic N) is 1. The third-order valence-corrected chi connectivity index (χ3v) is 7.89. The first-order valence-corrected chi connectivity index (χ1v) is 13.8. The molecule has 1 saturated carbocycles. The van der Waals surface area contributed by atoms with E-state index in [1.54, 1.807) is 6.08 Å². The standard InChI is InChI=1S/C33H40N2O2/c1-4-10-29-28(5-2)32(36)30(26-11-8-6-7-9-12-26)31(29)34-21-25-17-19-27(20-18-25)33(37)35-22-24-15-13-23(3)14-16-24/h4-6,8,10-11,17-20,23-24,30H,2,7,9,12-16,21-22H2,1,3H3,(H,35,37)/b10-4-,34-31?. The van der Waals surface area contributed by atoms with E-state index in [9.17, 15) is 9.59 Å². The summed E-state index contributed by atoms with van der Waals surface area (Å²) >= 11 is 0. The van der Waals surface area contributed by atoms with E-state index in [1.807, 2.05) is 43.3 Å². The fraction of sp³-hybridized carbons (Fsp3) is 0.424. The highest BCUT2D eigenvalue weighted by Gasteiger charge is 2.38. The van der Waals surface area contributed by atoms with E-state index < -0.39 is 0 Å². The van der Waals surface area contributed by atoms with Crippen molar-refractivity contribution in [3.63, 3.8) is 0 Å². The second-order valence-electron chi connectivity index (χ2n) is 10.6. The quantitative estimate of drug-likeness (QED) is 0.417. The maximum Gasteiger partial charge on any atom is 0.251 e. The smallest absolute Gasteiger partial charge is 0.251 e. The minimum atomic E-state index is -0.352. The van der Waals surface area contributed by atoms with Crippen molar-refractivity contribution in [1.29, 1.82) is 0 Å². The lowest BCUT2D eigenvalue weighted by Crippen LogP contribution is -2.31. The molecule has 1 aromatic carbocycles. The first kappa shape index (κ1) is 26.8. The molecule has 1 unspecified atom stereocenters. The Morgan fingerprint density at radius 2 is 1.89 bits per heavy atom. The number of hydrogen-bond acceptors (Lipinski definition) is 3. The molecule has 0 radical (unpaired) electrons. The van der Waals surface area contributed by atoms with Crippen molar-refractivity contribution in [2.75, 3.05) is 6.54 Å². The van der Waals surface area contributed by atoms with Gasteiger partial charge in [0.1, 0.15) is 0 Å². The average Bonchev–Trinajstić information content (AvgIpc) is 3.06. The molecule has 0 aromatic heterocycles. The number of carbonyl (C=O) groups excluding carboxylic acids is 2. The molecule has 1 amide bonds. The van der Waals surface area contributed by atoms with E-state index in [2.05, 4.69) is 37.0 Å². The molecule has 194 valence electrons. The van der Waals surface area contributed by atoms with Crippen LogP contribution in [-0.4, -0.2) is 23.9 Å². The van der Waals surface area contributed by atoms with E-state index in [1.165, 1.54) is 25.7 Å². The van der Waals surface area contributed by atoms with Crippen molar-refractivity contribution in [3.05, 3.63) is 95.1 Å². The summed E-state index contributed by atoms with van der Waals surface area (Å²) in [5, 5.41) is 3.12. The Hall–Kier alpha value is -3.27. The zero-order valence-electron chi connectivity index (χ0n) is 22.3. The lowest BCUT2D eigenvalue weighted by Gasteiger charge is -2.26. The molecule has 37 heavy (non-hydrogen) atoms. The van der Waals surface area contributed by atoms with Crippen LogP contribution < -0.4 is 5.32 Å². The zero-order valence-corrected chi connectivity index (χ0v) is 22.3. The van der Waals surface area contributed by atoms with Gasteiger partial charge in [0.2, 0.25) is 0 Å². The molecular weight excluding hydrogens is 456 g/mol. The van der Waals surface area contributed by atoms with E-state index >= 15 is 0 Å². The lowest BCUT2D eigenvalue weighted by molar-refractivity contribution is -0.115. The van der Waals surface area contributed by atoms with Crippen molar-refractivity contribution in [2.45, 2.75) is 65.3 Å². The Bertz CT molecular complexity index is 1160. The Kier molecular flexibility index (Phi) is 9.27. The van der Waals surface area contributed by atoms with E-state index in [0.29, 0.717) is 23.6 Å². The van der Waals surface area contributed by atoms with Gasteiger partial charge in [-0.1, -0.05) is 80.5 Å². The van der Waals surface area contributed by atoms with Crippen LogP contribution in [0, 0.1) is 17.8 Å². The van der Waals surface area contributed by atoms with Crippen molar-refractivity contribution >= 4 is 17.4 Å². The number of benzene rings is 1. The Labute approximate surface area is 222 Å². The van der Waals surface area contributed by atoms with Gasteiger partial charge in [-0.05, 0) is 68.6 Å². The molecule has 3 aliphatic rings. The molecule has 0 bridgehead atoms. The molecule has 0 aliphatic heterocycles. The molecular formula is C33H40N2O2. The largest absolute Gasteiger partial charge is 0.352 e. The Morgan fingerprint density at radius 3 is 2.59 bits per heavy atom. The first-order valence-electron chi connectivity index (χ1n) is 13.8. The molecule has 4 rings (SSSR count). The number of carbonyl (C=O) groups is 2. The van der Waals surface area contributed by atoms with E-state index in [-0.39, 0.29) is 17.6 Å². The van der Waals surface area contributed by atoms with Crippen LogP contribution in [0.25, 0.3) is 0 Å². The Balaban J connectivity index is 1.47. The fourth-order valence-corrected chi connectivity index (χ4v) is 5.62. The summed E-state index contributed by atoms with van der Waals surface area (Å²) in [4.78, 5) is 31.1. The average molecular weight is 497 g/mol. The summed E-state index contributed by atoms with van der Waals surface area (Å²) in [5.41, 5.74) is 5.15. The van der Waals surface area contributed by atoms with Crippen molar-refractivity contribution in [2.24, 2.45) is 22.7 Å². The second kappa shape index (κ2) is 12.8. The summed E-state index contributed by atoms with van der Waals surface area (Å²) in [7, 11) is 0. The van der Waals surface area contributed by atoms with Gasteiger partial charge in [0.05, 0.1) is 18.2 Å². The molecule has 1 atom stereocenters. The van der Waals surface area contributed by atoms with Crippen LogP contribution in [0.3, 0.4) is 0 Å². The molecule has 4 heteroatoms. The summed E-state index contributed by atoms with van der Waals surface area (Å²) in [6.07, 6.45) is 19.8. The number of allylic oxidation sites excluding steroid dienone is 9. The number of ketones is 1. The summed E-state index contributed by atoms with van der Waals surface area (Å²) in [5.74, 6) is 1.13. The van der Waals surface area contributed by atoms with Crippen molar-refractivity contribution in [3.8, 4) is 0 Å². The van der Waals surface area contributed by atoms with Gasteiger partial charge < -0.3 is 5.32 Å². The molecule has 1 fully saturated rings. The summed E-state index contributed by atoms with van der Waals surface area (Å²) in [6, 6.07) is 7.69. The predicted molar refractivity (Wildman–Crippen MR) is 153 cm³/mol.